The highest BCUT2D eigenvalue weighted by molar-refractivity contribution is 7.89. The van der Waals surface area contributed by atoms with Gasteiger partial charge in [-0.25, -0.2) is 23.1 Å². The number of fused-ring (bicyclic) bond motifs is 2. The van der Waals surface area contributed by atoms with Crippen molar-refractivity contribution in [2.24, 2.45) is 19.2 Å². The first-order valence-electron chi connectivity index (χ1n) is 19.9. The van der Waals surface area contributed by atoms with Gasteiger partial charge in [-0.3, -0.25) is 37.4 Å². The fraction of sp³-hybridized carbons (Fsp3) is 0.174. The van der Waals surface area contributed by atoms with Gasteiger partial charge in [-0.15, -0.1) is 22.7 Å². The molecule has 0 spiro atoms. The van der Waals surface area contributed by atoms with Crippen LogP contribution >= 0.6 is 22.7 Å². The van der Waals surface area contributed by atoms with Gasteiger partial charge in [0.05, 0.1) is 45.6 Å². The van der Waals surface area contributed by atoms with Crippen molar-refractivity contribution in [3.8, 4) is 5.75 Å². The SMILES string of the molecule is COc1ccc(CNC(=O)c2cc3c(=O)n(Cc4ccc(S(N)(=O)=O)cc4)c(=O)n(C)c3s2)cc1.Cc1ccc(CNC(=O)c2cc3c(=O)n(Cc4ccccc4)c(=O)n(C)c3s2)cc1. The lowest BCUT2D eigenvalue weighted by Crippen LogP contribution is -2.38. The number of carbonyl (C=O) groups excluding carboxylic acids is 2. The molecule has 0 atom stereocenters. The number of hydrogen-bond donors (Lipinski definition) is 3. The normalized spacial score (nSPS) is 11.3. The molecule has 8 aromatic rings. The summed E-state index contributed by atoms with van der Waals surface area (Å²) in [7, 11) is 0.870. The molecule has 19 heteroatoms. The van der Waals surface area contributed by atoms with Crippen molar-refractivity contribution in [2.45, 2.75) is 38.0 Å². The number of nitrogens with one attached hydrogen (secondary N) is 2. The van der Waals surface area contributed by atoms with E-state index >= 15 is 0 Å². The Labute approximate surface area is 379 Å². The second kappa shape index (κ2) is 19.3. The Morgan fingerprint density at radius 1 is 0.615 bits per heavy atom. The summed E-state index contributed by atoms with van der Waals surface area (Å²) < 4.78 is 33.0. The lowest BCUT2D eigenvalue weighted by molar-refractivity contribution is 0.0947. The number of aryl methyl sites for hydroxylation is 3. The van der Waals surface area contributed by atoms with Gasteiger partial charge in [-0.05, 0) is 65.6 Å². The van der Waals surface area contributed by atoms with Gasteiger partial charge in [0.1, 0.15) is 15.4 Å². The van der Waals surface area contributed by atoms with Crippen LogP contribution in [0.1, 0.15) is 47.2 Å². The third-order valence-electron chi connectivity index (χ3n) is 10.4. The highest BCUT2D eigenvalue weighted by atomic mass is 32.2. The second-order valence-corrected chi connectivity index (χ2v) is 18.6. The summed E-state index contributed by atoms with van der Waals surface area (Å²) >= 11 is 2.21. The number of ether oxygens (including phenoxy) is 1. The van der Waals surface area contributed by atoms with Crippen LogP contribution in [0.5, 0.6) is 5.75 Å². The zero-order chi connectivity index (χ0) is 46.6. The van der Waals surface area contributed by atoms with Crippen LogP contribution < -0.4 is 43.0 Å². The third-order valence-corrected chi connectivity index (χ3v) is 13.8. The van der Waals surface area contributed by atoms with Gasteiger partial charge in [0.25, 0.3) is 22.9 Å². The number of sulfonamides is 1. The number of benzene rings is 4. The molecule has 4 heterocycles. The quantitative estimate of drug-likeness (QED) is 0.158. The summed E-state index contributed by atoms with van der Waals surface area (Å²) in [6.07, 6.45) is 0. The zero-order valence-electron chi connectivity index (χ0n) is 35.6. The molecule has 0 aliphatic carbocycles. The maximum atomic E-state index is 13.1. The van der Waals surface area contributed by atoms with Crippen LogP contribution in [0.2, 0.25) is 0 Å². The van der Waals surface area contributed by atoms with E-state index in [1.54, 1.807) is 32.4 Å². The molecule has 334 valence electrons. The zero-order valence-corrected chi connectivity index (χ0v) is 38.0. The van der Waals surface area contributed by atoms with Gasteiger partial charge < -0.3 is 15.4 Å². The topological polar surface area (TPSA) is 216 Å². The number of hydrogen-bond acceptors (Lipinski definition) is 11. The fourth-order valence-electron chi connectivity index (χ4n) is 6.79. The first kappa shape index (κ1) is 45.8. The number of aromatic nitrogens is 4. The molecule has 0 unspecified atom stereocenters. The molecule has 0 saturated heterocycles. The van der Waals surface area contributed by atoms with E-state index in [2.05, 4.69) is 10.6 Å². The monoisotopic (exact) mass is 933 g/mol. The molecular formula is C46H43N7O9S3. The van der Waals surface area contributed by atoms with Gasteiger partial charge >= 0.3 is 11.4 Å². The molecule has 2 amide bonds. The number of primary sulfonamides is 1. The average molecular weight is 934 g/mol. The first-order chi connectivity index (χ1) is 31.0. The second-order valence-electron chi connectivity index (χ2n) is 15.0. The Morgan fingerprint density at radius 2 is 1.03 bits per heavy atom. The molecule has 0 bridgehead atoms. The smallest absolute Gasteiger partial charge is 0.332 e. The highest BCUT2D eigenvalue weighted by Gasteiger charge is 2.20. The number of nitrogens with two attached hydrogens (primary N) is 1. The van der Waals surface area contributed by atoms with E-state index in [1.165, 1.54) is 51.1 Å². The molecular weight excluding hydrogens is 891 g/mol. The van der Waals surface area contributed by atoms with E-state index in [0.717, 1.165) is 49.5 Å². The Morgan fingerprint density at radius 3 is 1.46 bits per heavy atom. The summed E-state index contributed by atoms with van der Waals surface area (Å²) in [4.78, 5) is 78.6. The standard InChI is InChI=1S/C23H22N4O6S2.C23H21N3O3S/c1-26-22-18(11-19(34-22)20(28)25-12-14-3-7-16(33-2)8-4-14)21(29)27(23(26)30)13-15-5-9-17(10-6-15)35(24,31)32;1-15-8-10-16(11-9-15)13-24-20(27)19-12-18-21(28)26(14-17-6-4-3-5-7-17)23(29)25(2)22(18)30-19/h3-11H,12-13H2,1-2H3,(H,25,28)(H2,24,31,32);3-12H,13-14H2,1-2H3,(H,24,27). The van der Waals surface area contributed by atoms with Crippen LogP contribution in [0.25, 0.3) is 20.4 Å². The maximum absolute atomic E-state index is 13.1. The van der Waals surface area contributed by atoms with E-state index in [9.17, 15) is 37.2 Å². The van der Waals surface area contributed by atoms with Gasteiger partial charge in [0.2, 0.25) is 10.0 Å². The Kier molecular flexibility index (Phi) is 13.6. The minimum atomic E-state index is -3.85. The van der Waals surface area contributed by atoms with Crippen LogP contribution in [-0.2, 0) is 50.3 Å². The molecule has 0 radical (unpaired) electrons. The van der Waals surface area contributed by atoms with Crippen molar-refractivity contribution in [2.75, 3.05) is 7.11 Å². The van der Waals surface area contributed by atoms with Crippen LogP contribution in [0, 0.1) is 6.92 Å². The molecule has 4 N–H and O–H groups in total. The number of nitrogens with zero attached hydrogens (tertiary/aromatic N) is 4. The van der Waals surface area contributed by atoms with Crippen LogP contribution in [0.15, 0.2) is 139 Å². The van der Waals surface area contributed by atoms with E-state index in [4.69, 9.17) is 9.88 Å². The number of carbonyl (C=O) groups is 2. The number of thiophene rings is 2. The van der Waals surface area contributed by atoms with Crippen molar-refractivity contribution in [1.82, 2.24) is 28.9 Å². The predicted molar refractivity (Wildman–Crippen MR) is 252 cm³/mol. The van der Waals surface area contributed by atoms with Gasteiger partial charge in [-0.2, -0.15) is 0 Å². The Bertz CT molecular complexity index is 3420. The average Bonchev–Trinajstić information content (AvgIpc) is 3.97. The van der Waals surface area contributed by atoms with Crippen LogP contribution in [0.4, 0.5) is 0 Å². The highest BCUT2D eigenvalue weighted by Crippen LogP contribution is 2.24. The van der Waals surface area contributed by atoms with Crippen LogP contribution in [0.3, 0.4) is 0 Å². The largest absolute Gasteiger partial charge is 0.497 e. The van der Waals surface area contributed by atoms with Crippen molar-refractivity contribution < 1.29 is 22.7 Å². The first-order valence-corrected chi connectivity index (χ1v) is 23.1. The minimum Gasteiger partial charge on any atom is -0.497 e. The summed E-state index contributed by atoms with van der Waals surface area (Å²) in [6, 6.07) is 33.2. The molecule has 4 aromatic heterocycles. The molecule has 0 saturated carbocycles. The maximum Gasteiger partial charge on any atom is 0.332 e. The molecule has 65 heavy (non-hydrogen) atoms. The molecule has 16 nitrogen and oxygen atoms in total. The lowest BCUT2D eigenvalue weighted by Gasteiger charge is -2.09. The third kappa shape index (κ3) is 10.3. The molecule has 0 fully saturated rings. The van der Waals surface area contributed by atoms with Gasteiger partial charge in [0, 0.05) is 27.2 Å². The number of methoxy groups -OCH3 is 1. The van der Waals surface area contributed by atoms with Crippen molar-refractivity contribution in [1.29, 1.82) is 0 Å². The molecule has 8 rings (SSSR count). The van der Waals surface area contributed by atoms with E-state index in [-0.39, 0.29) is 47.3 Å². The number of amides is 2. The summed E-state index contributed by atoms with van der Waals surface area (Å²) in [5.41, 5.74) is 2.56. The van der Waals surface area contributed by atoms with Crippen LogP contribution in [-0.4, -0.2) is 45.6 Å². The van der Waals surface area contributed by atoms with Crippen molar-refractivity contribution in [3.05, 3.63) is 195 Å². The number of rotatable bonds is 12. The Hall–Kier alpha value is -7.19. The lowest BCUT2D eigenvalue weighted by atomic mass is 10.1. The summed E-state index contributed by atoms with van der Waals surface area (Å²) in [6.45, 7) is 2.81. The van der Waals surface area contributed by atoms with Gasteiger partial charge in [-0.1, -0.05) is 84.4 Å². The van der Waals surface area contributed by atoms with E-state index in [0.29, 0.717) is 42.7 Å². The van der Waals surface area contributed by atoms with Crippen molar-refractivity contribution >= 4 is 64.9 Å². The van der Waals surface area contributed by atoms with E-state index < -0.39 is 27.0 Å². The van der Waals surface area contributed by atoms with Gasteiger partial charge in [0.15, 0.2) is 0 Å². The van der Waals surface area contributed by atoms with E-state index in [1.807, 2.05) is 73.7 Å². The summed E-state index contributed by atoms with van der Waals surface area (Å²) in [5, 5.41) is 11.4. The predicted octanol–water partition coefficient (Wildman–Crippen LogP) is 4.44. The minimum absolute atomic E-state index is 0.0683. The summed E-state index contributed by atoms with van der Waals surface area (Å²) in [5.74, 6) is 0.0827. The molecule has 0 aliphatic heterocycles. The van der Waals surface area contributed by atoms with Crippen molar-refractivity contribution in [3.63, 3.8) is 0 Å². The Balaban J connectivity index is 0.000000196. The molecule has 4 aromatic carbocycles. The molecule has 0 aliphatic rings. The fourth-order valence-corrected chi connectivity index (χ4v) is 9.35.